The van der Waals surface area contributed by atoms with Crippen LogP contribution in [0.3, 0.4) is 0 Å². The first-order valence-electron chi connectivity index (χ1n) is 11.7. The normalized spacial score (nSPS) is 18.5. The molecular formula is C30H35N. The van der Waals surface area contributed by atoms with Crippen molar-refractivity contribution in [2.24, 2.45) is 5.92 Å². The van der Waals surface area contributed by atoms with Gasteiger partial charge in [-0.25, -0.2) is 0 Å². The molecule has 0 saturated heterocycles. The number of anilines is 1. The summed E-state index contributed by atoms with van der Waals surface area (Å²) in [5.41, 5.74) is 10.1. The minimum atomic E-state index is 0.752. The summed E-state index contributed by atoms with van der Waals surface area (Å²) in [7, 11) is 0. The Hall–Kier alpha value is -2.80. The van der Waals surface area contributed by atoms with Crippen LogP contribution in [0.25, 0.3) is 11.1 Å². The highest BCUT2D eigenvalue weighted by molar-refractivity contribution is 5.69. The van der Waals surface area contributed by atoms with Crippen molar-refractivity contribution in [3.05, 3.63) is 101 Å². The van der Waals surface area contributed by atoms with Crippen LogP contribution < -0.4 is 5.32 Å². The lowest BCUT2D eigenvalue weighted by Crippen LogP contribution is -2.10. The van der Waals surface area contributed by atoms with Crippen molar-refractivity contribution in [2.45, 2.75) is 58.8 Å². The monoisotopic (exact) mass is 409 g/mol. The first kappa shape index (κ1) is 21.4. The number of hydrogen-bond acceptors (Lipinski definition) is 1. The van der Waals surface area contributed by atoms with Gasteiger partial charge in [0, 0.05) is 17.8 Å². The van der Waals surface area contributed by atoms with Gasteiger partial charge in [-0.05, 0) is 78.5 Å². The van der Waals surface area contributed by atoms with Gasteiger partial charge in [-0.1, -0.05) is 86.5 Å². The van der Waals surface area contributed by atoms with Gasteiger partial charge in [-0.15, -0.1) is 0 Å². The van der Waals surface area contributed by atoms with Crippen LogP contribution in [-0.4, -0.2) is 0 Å². The Morgan fingerprint density at radius 3 is 2.19 bits per heavy atom. The van der Waals surface area contributed by atoms with Gasteiger partial charge in [0.05, 0.1) is 0 Å². The fourth-order valence-corrected chi connectivity index (χ4v) is 4.87. The molecular weight excluding hydrogens is 374 g/mol. The molecule has 1 fully saturated rings. The highest BCUT2D eigenvalue weighted by Crippen LogP contribution is 2.35. The van der Waals surface area contributed by atoms with Crippen LogP contribution in [0.5, 0.6) is 0 Å². The second-order valence-electron chi connectivity index (χ2n) is 9.50. The predicted octanol–water partition coefficient (Wildman–Crippen LogP) is 8.43. The Labute approximate surface area is 188 Å². The molecule has 4 rings (SSSR count). The van der Waals surface area contributed by atoms with E-state index in [9.17, 15) is 0 Å². The van der Waals surface area contributed by atoms with E-state index in [0.29, 0.717) is 0 Å². The van der Waals surface area contributed by atoms with Crippen molar-refractivity contribution >= 4 is 5.69 Å². The SMILES string of the molecule is C=C(Cc1ccc(C2CCC(C)CC2)cc1)Nc1ccc(-c2ccc(C)cc2C)cc1. The first-order chi connectivity index (χ1) is 15.0. The fraction of sp³-hybridized carbons (Fsp3) is 0.333. The average Bonchev–Trinajstić information content (AvgIpc) is 2.76. The predicted molar refractivity (Wildman–Crippen MR) is 135 cm³/mol. The molecule has 0 spiro atoms. The Bertz CT molecular complexity index is 1020. The van der Waals surface area contributed by atoms with Crippen LogP contribution >= 0.6 is 0 Å². The molecule has 0 bridgehead atoms. The third-order valence-corrected chi connectivity index (χ3v) is 6.78. The lowest BCUT2D eigenvalue weighted by atomic mass is 9.79. The zero-order valence-electron chi connectivity index (χ0n) is 19.2. The lowest BCUT2D eigenvalue weighted by Gasteiger charge is -2.26. The third-order valence-electron chi connectivity index (χ3n) is 6.78. The summed E-state index contributed by atoms with van der Waals surface area (Å²) >= 11 is 0. The van der Waals surface area contributed by atoms with E-state index in [4.69, 9.17) is 0 Å². The van der Waals surface area contributed by atoms with Gasteiger partial charge >= 0.3 is 0 Å². The maximum Gasteiger partial charge on any atom is 0.0382 e. The maximum absolute atomic E-state index is 4.26. The molecule has 3 aromatic carbocycles. The summed E-state index contributed by atoms with van der Waals surface area (Å²) in [5, 5.41) is 3.48. The number of nitrogens with one attached hydrogen (secondary N) is 1. The number of benzene rings is 3. The highest BCUT2D eigenvalue weighted by Gasteiger charge is 2.19. The number of rotatable bonds is 6. The molecule has 1 aliphatic rings. The van der Waals surface area contributed by atoms with Crippen LogP contribution in [0.1, 0.15) is 60.8 Å². The van der Waals surface area contributed by atoms with Crippen molar-refractivity contribution < 1.29 is 0 Å². The van der Waals surface area contributed by atoms with Gasteiger partial charge in [-0.2, -0.15) is 0 Å². The third kappa shape index (κ3) is 5.47. The molecule has 1 aliphatic carbocycles. The molecule has 0 amide bonds. The van der Waals surface area contributed by atoms with Crippen molar-refractivity contribution in [3.8, 4) is 11.1 Å². The van der Waals surface area contributed by atoms with E-state index in [2.05, 4.69) is 99.4 Å². The molecule has 3 aromatic rings. The van der Waals surface area contributed by atoms with E-state index in [-0.39, 0.29) is 0 Å². The number of aryl methyl sites for hydroxylation is 2. The molecule has 1 N–H and O–H groups in total. The van der Waals surface area contributed by atoms with Gasteiger partial charge in [0.25, 0.3) is 0 Å². The molecule has 1 nitrogen and oxygen atoms in total. The zero-order chi connectivity index (χ0) is 21.8. The Morgan fingerprint density at radius 2 is 1.55 bits per heavy atom. The summed E-state index contributed by atoms with van der Waals surface area (Å²) in [6, 6.07) is 24.5. The summed E-state index contributed by atoms with van der Waals surface area (Å²) in [4.78, 5) is 0. The minimum Gasteiger partial charge on any atom is -0.359 e. The minimum absolute atomic E-state index is 0.752. The van der Waals surface area contributed by atoms with Crippen LogP contribution in [0.2, 0.25) is 0 Å². The molecule has 160 valence electrons. The van der Waals surface area contributed by atoms with E-state index in [1.807, 2.05) is 0 Å². The molecule has 0 atom stereocenters. The van der Waals surface area contributed by atoms with E-state index in [1.165, 1.54) is 59.1 Å². The second kappa shape index (κ2) is 9.56. The van der Waals surface area contributed by atoms with Gasteiger partial charge in [0.2, 0.25) is 0 Å². The van der Waals surface area contributed by atoms with Gasteiger partial charge in [-0.3, -0.25) is 0 Å². The Morgan fingerprint density at radius 1 is 0.871 bits per heavy atom. The molecule has 0 heterocycles. The van der Waals surface area contributed by atoms with E-state index in [1.54, 1.807) is 0 Å². The van der Waals surface area contributed by atoms with Crippen LogP contribution in [0.15, 0.2) is 79.0 Å². The molecule has 0 unspecified atom stereocenters. The number of allylic oxidation sites excluding steroid dienone is 1. The van der Waals surface area contributed by atoms with Crippen molar-refractivity contribution in [1.82, 2.24) is 0 Å². The van der Waals surface area contributed by atoms with Gasteiger partial charge in [0.15, 0.2) is 0 Å². The van der Waals surface area contributed by atoms with E-state index < -0.39 is 0 Å². The quantitative estimate of drug-likeness (QED) is 0.431. The Kier molecular flexibility index (Phi) is 6.61. The average molecular weight is 410 g/mol. The zero-order valence-corrected chi connectivity index (χ0v) is 19.2. The van der Waals surface area contributed by atoms with E-state index in [0.717, 1.165) is 29.6 Å². The maximum atomic E-state index is 4.26. The highest BCUT2D eigenvalue weighted by atomic mass is 14.9. The molecule has 1 saturated carbocycles. The largest absolute Gasteiger partial charge is 0.359 e. The van der Waals surface area contributed by atoms with Crippen molar-refractivity contribution in [1.29, 1.82) is 0 Å². The standard InChI is InChI=1S/C30H35N/c1-21-5-10-26(11-6-21)27-12-8-25(9-13-27)20-24(4)31-29-16-14-28(15-17-29)30-18-7-22(2)19-23(30)3/h7-9,12-19,21,26,31H,4-6,10-11,20H2,1-3H3. The topological polar surface area (TPSA) is 12.0 Å². The van der Waals surface area contributed by atoms with Crippen molar-refractivity contribution in [2.75, 3.05) is 5.32 Å². The lowest BCUT2D eigenvalue weighted by molar-refractivity contribution is 0.348. The van der Waals surface area contributed by atoms with Gasteiger partial charge < -0.3 is 5.32 Å². The number of hydrogen-bond donors (Lipinski definition) is 1. The smallest absolute Gasteiger partial charge is 0.0382 e. The molecule has 0 aliphatic heterocycles. The van der Waals surface area contributed by atoms with Crippen LogP contribution in [-0.2, 0) is 6.42 Å². The van der Waals surface area contributed by atoms with Crippen LogP contribution in [0, 0.1) is 19.8 Å². The summed E-state index contributed by atoms with van der Waals surface area (Å²) in [6.45, 7) is 11.0. The summed E-state index contributed by atoms with van der Waals surface area (Å²) in [5.74, 6) is 1.65. The molecule has 1 heteroatoms. The van der Waals surface area contributed by atoms with E-state index >= 15 is 0 Å². The summed E-state index contributed by atoms with van der Waals surface area (Å²) < 4.78 is 0. The van der Waals surface area contributed by atoms with Crippen molar-refractivity contribution in [3.63, 3.8) is 0 Å². The van der Waals surface area contributed by atoms with Gasteiger partial charge in [0.1, 0.15) is 0 Å². The van der Waals surface area contributed by atoms with Crippen LogP contribution in [0.4, 0.5) is 5.69 Å². The first-order valence-corrected chi connectivity index (χ1v) is 11.7. The Balaban J connectivity index is 1.34. The molecule has 0 aromatic heterocycles. The molecule has 31 heavy (non-hydrogen) atoms. The summed E-state index contributed by atoms with van der Waals surface area (Å²) in [6.07, 6.45) is 6.27. The fourth-order valence-electron chi connectivity index (χ4n) is 4.87. The second-order valence-corrected chi connectivity index (χ2v) is 9.50. The molecule has 0 radical (unpaired) electrons.